The maximum absolute atomic E-state index is 12.6. The Bertz CT molecular complexity index is 1270. The van der Waals surface area contributed by atoms with Gasteiger partial charge in [0.2, 0.25) is 5.82 Å². The van der Waals surface area contributed by atoms with Crippen LogP contribution in [0.3, 0.4) is 0 Å². The van der Waals surface area contributed by atoms with Crippen molar-refractivity contribution in [1.29, 1.82) is 0 Å². The van der Waals surface area contributed by atoms with Gasteiger partial charge in [-0.3, -0.25) is 0 Å². The summed E-state index contributed by atoms with van der Waals surface area (Å²) in [5, 5.41) is 3.98. The molecule has 4 rings (SSSR count). The van der Waals surface area contributed by atoms with E-state index < -0.39 is 9.84 Å². The zero-order valence-corrected chi connectivity index (χ0v) is 18.1. The lowest BCUT2D eigenvalue weighted by Crippen LogP contribution is -2.08. The largest absolute Gasteiger partial charge is 0.494 e. The summed E-state index contributed by atoms with van der Waals surface area (Å²) in [7, 11) is -3.40. The van der Waals surface area contributed by atoms with E-state index in [1.54, 1.807) is 12.1 Å². The molecule has 0 saturated carbocycles. The van der Waals surface area contributed by atoms with E-state index >= 15 is 0 Å². The molecule has 0 saturated heterocycles. The minimum atomic E-state index is -3.40. The molecule has 0 spiro atoms. The van der Waals surface area contributed by atoms with Gasteiger partial charge in [-0.05, 0) is 61.4 Å². The molecule has 4 aromatic rings. The van der Waals surface area contributed by atoms with E-state index in [-0.39, 0.29) is 17.4 Å². The van der Waals surface area contributed by atoms with Gasteiger partial charge in [0, 0.05) is 5.56 Å². The molecule has 0 amide bonds. The first-order valence-corrected chi connectivity index (χ1v) is 11.7. The predicted molar refractivity (Wildman–Crippen MR) is 116 cm³/mol. The van der Waals surface area contributed by atoms with Gasteiger partial charge >= 0.3 is 0 Å². The predicted octanol–water partition coefficient (Wildman–Crippen LogP) is 4.82. The molecular weight excluding hydrogens is 416 g/mol. The molecular formula is C23H22N2O5S. The average molecular weight is 439 g/mol. The van der Waals surface area contributed by atoms with Crippen LogP contribution in [-0.4, -0.2) is 25.2 Å². The number of sulfone groups is 1. The van der Waals surface area contributed by atoms with Crippen molar-refractivity contribution in [2.75, 3.05) is 6.61 Å². The zero-order valence-electron chi connectivity index (χ0n) is 17.2. The molecule has 0 N–H and O–H groups in total. The third kappa shape index (κ3) is 5.03. The summed E-state index contributed by atoms with van der Waals surface area (Å²) in [5.41, 5.74) is 2.50. The number of furan rings is 1. The Morgan fingerprint density at radius 1 is 0.968 bits per heavy atom. The summed E-state index contributed by atoms with van der Waals surface area (Å²) in [6.45, 7) is 4.41. The molecule has 0 bridgehead atoms. The number of aryl methyl sites for hydroxylation is 1. The monoisotopic (exact) mass is 438 g/mol. The van der Waals surface area contributed by atoms with E-state index in [0.29, 0.717) is 24.0 Å². The topological polar surface area (TPSA) is 95.4 Å². The molecule has 2 heterocycles. The molecule has 0 unspecified atom stereocenters. The SMILES string of the molecule is CCOc1ccc(-c2noc(-c3ccc(CS(=O)(=O)Cc4ccccc4C)o3)n2)cc1. The van der Waals surface area contributed by atoms with Crippen LogP contribution in [0.2, 0.25) is 0 Å². The lowest BCUT2D eigenvalue weighted by atomic mass is 10.1. The van der Waals surface area contributed by atoms with Crippen LogP contribution in [0.5, 0.6) is 5.75 Å². The van der Waals surface area contributed by atoms with Crippen molar-refractivity contribution in [3.8, 4) is 28.8 Å². The molecule has 7 nitrogen and oxygen atoms in total. The van der Waals surface area contributed by atoms with Crippen molar-refractivity contribution in [1.82, 2.24) is 10.1 Å². The third-order valence-electron chi connectivity index (χ3n) is 4.72. The summed E-state index contributed by atoms with van der Waals surface area (Å²) < 4.78 is 41.6. The summed E-state index contributed by atoms with van der Waals surface area (Å²) in [6, 6.07) is 18.0. The second-order valence-corrected chi connectivity index (χ2v) is 9.17. The van der Waals surface area contributed by atoms with Crippen molar-refractivity contribution in [3.63, 3.8) is 0 Å². The van der Waals surface area contributed by atoms with Crippen LogP contribution < -0.4 is 4.74 Å². The molecule has 160 valence electrons. The van der Waals surface area contributed by atoms with E-state index in [1.165, 1.54) is 0 Å². The van der Waals surface area contributed by atoms with Crippen LogP contribution in [0.4, 0.5) is 0 Å². The first-order chi connectivity index (χ1) is 14.9. The van der Waals surface area contributed by atoms with Crippen LogP contribution >= 0.6 is 0 Å². The van der Waals surface area contributed by atoms with E-state index in [4.69, 9.17) is 13.7 Å². The Kier molecular flexibility index (Phi) is 5.90. The number of hydrogen-bond acceptors (Lipinski definition) is 7. The third-order valence-corrected chi connectivity index (χ3v) is 6.20. The van der Waals surface area contributed by atoms with Gasteiger partial charge in [0.25, 0.3) is 5.89 Å². The Morgan fingerprint density at radius 2 is 1.74 bits per heavy atom. The number of ether oxygens (including phenoxy) is 1. The number of aromatic nitrogens is 2. The van der Waals surface area contributed by atoms with Gasteiger partial charge in [-0.25, -0.2) is 8.42 Å². The minimum absolute atomic E-state index is 0.0435. The lowest BCUT2D eigenvalue weighted by Gasteiger charge is -2.06. The Labute approximate surface area is 180 Å². The molecule has 0 aliphatic heterocycles. The summed E-state index contributed by atoms with van der Waals surface area (Å²) in [4.78, 5) is 4.35. The van der Waals surface area contributed by atoms with Gasteiger partial charge in [0.15, 0.2) is 15.6 Å². The van der Waals surface area contributed by atoms with Gasteiger partial charge in [0.05, 0.1) is 12.4 Å². The van der Waals surface area contributed by atoms with Gasteiger partial charge in [0.1, 0.15) is 17.3 Å². The van der Waals surface area contributed by atoms with Gasteiger partial charge in [-0.2, -0.15) is 4.98 Å². The lowest BCUT2D eigenvalue weighted by molar-refractivity contribution is 0.340. The van der Waals surface area contributed by atoms with Crippen LogP contribution in [0.1, 0.15) is 23.8 Å². The van der Waals surface area contributed by atoms with Crippen LogP contribution in [0.15, 0.2) is 69.6 Å². The number of nitrogens with zero attached hydrogens (tertiary/aromatic N) is 2. The minimum Gasteiger partial charge on any atom is -0.494 e. The van der Waals surface area contributed by atoms with Crippen LogP contribution in [0, 0.1) is 6.92 Å². The molecule has 2 aromatic carbocycles. The number of benzene rings is 2. The highest BCUT2D eigenvalue weighted by atomic mass is 32.2. The number of hydrogen-bond donors (Lipinski definition) is 0. The second kappa shape index (κ2) is 8.77. The molecule has 2 aromatic heterocycles. The Balaban J connectivity index is 1.47. The fourth-order valence-corrected chi connectivity index (χ4v) is 4.64. The fraction of sp³-hybridized carbons (Fsp3) is 0.217. The first kappa shape index (κ1) is 20.9. The molecule has 0 aliphatic carbocycles. The van der Waals surface area contributed by atoms with E-state index in [2.05, 4.69) is 10.1 Å². The number of rotatable bonds is 8. The van der Waals surface area contributed by atoms with Crippen molar-refractivity contribution < 1.29 is 22.1 Å². The van der Waals surface area contributed by atoms with Crippen LogP contribution in [-0.2, 0) is 21.3 Å². The van der Waals surface area contributed by atoms with Crippen LogP contribution in [0.25, 0.3) is 23.0 Å². The van der Waals surface area contributed by atoms with E-state index in [0.717, 1.165) is 22.4 Å². The smallest absolute Gasteiger partial charge is 0.293 e. The summed E-state index contributed by atoms with van der Waals surface area (Å²) >= 11 is 0. The maximum Gasteiger partial charge on any atom is 0.293 e. The van der Waals surface area contributed by atoms with Crippen molar-refractivity contribution in [3.05, 3.63) is 77.6 Å². The Morgan fingerprint density at radius 3 is 2.48 bits per heavy atom. The fourth-order valence-electron chi connectivity index (χ4n) is 3.15. The maximum atomic E-state index is 12.6. The standard InChI is InChI=1S/C23H22N2O5S/c1-3-28-19-10-8-17(9-11-19)22-24-23(30-25-22)21-13-12-20(29-21)15-31(26,27)14-18-7-5-4-6-16(18)2/h4-13H,3,14-15H2,1-2H3. The van der Waals surface area contributed by atoms with Gasteiger partial charge in [-0.15, -0.1) is 0 Å². The second-order valence-electron chi connectivity index (χ2n) is 7.11. The highest BCUT2D eigenvalue weighted by molar-refractivity contribution is 7.89. The Hall–Kier alpha value is -3.39. The molecule has 0 atom stereocenters. The highest BCUT2D eigenvalue weighted by Gasteiger charge is 2.19. The van der Waals surface area contributed by atoms with Crippen molar-refractivity contribution in [2.24, 2.45) is 0 Å². The zero-order chi connectivity index (χ0) is 21.8. The van der Waals surface area contributed by atoms with E-state index in [1.807, 2.05) is 62.4 Å². The summed E-state index contributed by atoms with van der Waals surface area (Å²) in [5.74, 6) is 1.75. The normalized spacial score (nSPS) is 11.5. The van der Waals surface area contributed by atoms with Crippen molar-refractivity contribution in [2.45, 2.75) is 25.4 Å². The molecule has 31 heavy (non-hydrogen) atoms. The van der Waals surface area contributed by atoms with Crippen molar-refractivity contribution >= 4 is 9.84 Å². The molecule has 0 aliphatic rings. The average Bonchev–Trinajstić information content (AvgIpc) is 3.40. The van der Waals surface area contributed by atoms with E-state index in [9.17, 15) is 8.42 Å². The molecule has 0 fully saturated rings. The molecule has 8 heteroatoms. The highest BCUT2D eigenvalue weighted by Crippen LogP contribution is 2.26. The van der Waals surface area contributed by atoms with Gasteiger partial charge in [-0.1, -0.05) is 29.4 Å². The quantitative estimate of drug-likeness (QED) is 0.389. The van der Waals surface area contributed by atoms with Gasteiger partial charge < -0.3 is 13.7 Å². The first-order valence-electron chi connectivity index (χ1n) is 9.84. The summed E-state index contributed by atoms with van der Waals surface area (Å²) in [6.07, 6.45) is 0. The molecule has 0 radical (unpaired) electrons.